The molecule has 3 rings (SSSR count). The molecule has 0 aliphatic heterocycles. The highest BCUT2D eigenvalue weighted by molar-refractivity contribution is 7.92. The van der Waals surface area contributed by atoms with Gasteiger partial charge in [0.05, 0.1) is 28.3 Å². The fourth-order valence-electron chi connectivity index (χ4n) is 2.86. The minimum atomic E-state index is -2.71. The monoisotopic (exact) mass is 451 g/mol. The van der Waals surface area contributed by atoms with Crippen LogP contribution in [0.25, 0.3) is 11.3 Å². The molecular formula is C20H20F3N5O2S. The lowest BCUT2D eigenvalue weighted by Crippen LogP contribution is -2.06. The molecule has 1 unspecified atom stereocenters. The number of hydrogen-bond donors (Lipinski definition) is 2. The van der Waals surface area contributed by atoms with Crippen molar-refractivity contribution in [2.45, 2.75) is 12.7 Å². The quantitative estimate of drug-likeness (QED) is 0.413. The first kappa shape index (κ1) is 22.5. The van der Waals surface area contributed by atoms with E-state index in [-0.39, 0.29) is 41.0 Å². The molecule has 0 amide bonds. The van der Waals surface area contributed by atoms with Crippen LogP contribution in [-0.2, 0) is 15.5 Å². The van der Waals surface area contributed by atoms with Crippen LogP contribution in [-0.4, -0.2) is 27.0 Å². The third kappa shape index (κ3) is 5.70. The van der Waals surface area contributed by atoms with Gasteiger partial charge in [-0.15, -0.1) is 0 Å². The first-order valence-electron chi connectivity index (χ1n) is 9.11. The average Bonchev–Trinajstić information content (AvgIpc) is 2.69. The smallest absolute Gasteiger partial charge is 0.227 e. The molecule has 1 heterocycles. The van der Waals surface area contributed by atoms with Crippen molar-refractivity contribution >= 4 is 21.4 Å². The van der Waals surface area contributed by atoms with E-state index in [2.05, 4.69) is 19.8 Å². The zero-order valence-electron chi connectivity index (χ0n) is 16.7. The van der Waals surface area contributed by atoms with Gasteiger partial charge in [-0.05, 0) is 42.8 Å². The topological polar surface area (TPSA) is 102 Å². The summed E-state index contributed by atoms with van der Waals surface area (Å²) in [6.45, 7) is 1.96. The molecule has 1 aromatic heterocycles. The fourth-order valence-corrected chi connectivity index (χ4v) is 3.72. The number of ether oxygens (including phenoxy) is 1. The molecule has 0 fully saturated rings. The second kappa shape index (κ2) is 9.31. The summed E-state index contributed by atoms with van der Waals surface area (Å²) in [5.74, 6) is 3.31. The number of rotatable bonds is 7. The third-order valence-corrected chi connectivity index (χ3v) is 5.43. The van der Waals surface area contributed by atoms with Crippen molar-refractivity contribution in [2.75, 3.05) is 18.2 Å². The maximum absolute atomic E-state index is 14.5. The molecule has 2 aromatic carbocycles. The predicted octanol–water partition coefficient (Wildman–Crippen LogP) is 4.17. The summed E-state index contributed by atoms with van der Waals surface area (Å²) in [5.41, 5.74) is 0.769. The summed E-state index contributed by atoms with van der Waals surface area (Å²) in [6, 6.07) is 7.57. The number of nitrogens with one attached hydrogen (secondary N) is 1. The van der Waals surface area contributed by atoms with E-state index in [9.17, 15) is 17.4 Å². The Morgan fingerprint density at radius 3 is 2.65 bits per heavy atom. The van der Waals surface area contributed by atoms with Crippen LogP contribution in [0.15, 0.2) is 47.1 Å². The predicted molar refractivity (Wildman–Crippen MR) is 113 cm³/mol. The minimum Gasteiger partial charge on any atom is -0.493 e. The van der Waals surface area contributed by atoms with E-state index in [1.165, 1.54) is 30.5 Å². The van der Waals surface area contributed by atoms with Crippen LogP contribution in [0.1, 0.15) is 12.5 Å². The van der Waals surface area contributed by atoms with Gasteiger partial charge in [0.2, 0.25) is 5.95 Å². The fraction of sp³-hybridized carbons (Fsp3) is 0.200. The number of nitrogens with two attached hydrogens (primary N) is 1. The molecular weight excluding hydrogens is 431 g/mol. The highest BCUT2D eigenvalue weighted by Gasteiger charge is 2.16. The standard InChI is InChI=1S/C20H20F3N5O2S/c1-3-30-18-9-13(21)4-5-16(18)19-17(23)10-25-20(27-19)26-15-7-12(6-14(22)8-15)11-31(2,29)28-24/h4-10H,3,11,24H2,1-2H3,(H,25,26,27). The summed E-state index contributed by atoms with van der Waals surface area (Å²) >= 11 is 0. The van der Waals surface area contributed by atoms with Crippen LogP contribution < -0.4 is 15.9 Å². The summed E-state index contributed by atoms with van der Waals surface area (Å²) in [4.78, 5) is 8.02. The SMILES string of the molecule is CCOc1cc(F)ccc1-c1nc(Nc2cc(F)cc(CS(C)(=O)=NN)c2)ncc1F. The lowest BCUT2D eigenvalue weighted by atomic mass is 10.1. The maximum Gasteiger partial charge on any atom is 0.227 e. The van der Waals surface area contributed by atoms with Gasteiger partial charge in [0.25, 0.3) is 0 Å². The van der Waals surface area contributed by atoms with Gasteiger partial charge in [0.15, 0.2) is 5.82 Å². The van der Waals surface area contributed by atoms with Crippen LogP contribution >= 0.6 is 0 Å². The van der Waals surface area contributed by atoms with Gasteiger partial charge in [-0.2, -0.15) is 4.47 Å². The highest BCUT2D eigenvalue weighted by Crippen LogP contribution is 2.32. The van der Waals surface area contributed by atoms with E-state index >= 15 is 0 Å². The average molecular weight is 451 g/mol. The first-order chi connectivity index (χ1) is 14.7. The molecule has 0 saturated carbocycles. The Morgan fingerprint density at radius 1 is 1.16 bits per heavy atom. The molecule has 0 aliphatic rings. The second-order valence-corrected chi connectivity index (χ2v) is 9.06. The highest BCUT2D eigenvalue weighted by atomic mass is 32.2. The van der Waals surface area contributed by atoms with E-state index in [0.717, 1.165) is 18.3 Å². The van der Waals surface area contributed by atoms with E-state index in [4.69, 9.17) is 10.6 Å². The Bertz CT molecular complexity index is 1230. The number of anilines is 2. The maximum atomic E-state index is 14.5. The van der Waals surface area contributed by atoms with Crippen LogP contribution in [0.5, 0.6) is 5.75 Å². The number of aromatic nitrogens is 2. The van der Waals surface area contributed by atoms with Gasteiger partial charge < -0.3 is 10.1 Å². The Morgan fingerprint density at radius 2 is 1.94 bits per heavy atom. The first-order valence-corrected chi connectivity index (χ1v) is 11.2. The van der Waals surface area contributed by atoms with E-state index in [0.29, 0.717) is 5.56 Å². The van der Waals surface area contributed by atoms with Crippen LogP contribution in [0, 0.1) is 17.5 Å². The molecule has 3 aromatic rings. The molecule has 0 spiro atoms. The van der Waals surface area contributed by atoms with Gasteiger partial charge in [-0.3, -0.25) is 0 Å². The van der Waals surface area contributed by atoms with Crippen molar-refractivity contribution in [3.05, 3.63) is 65.6 Å². The Kier molecular flexibility index (Phi) is 6.76. The number of benzene rings is 2. The van der Waals surface area contributed by atoms with Gasteiger partial charge in [-0.25, -0.2) is 33.2 Å². The Labute approximate surface area is 177 Å². The lowest BCUT2D eigenvalue weighted by molar-refractivity contribution is 0.339. The summed E-state index contributed by atoms with van der Waals surface area (Å²) in [6.07, 6.45) is 2.30. The molecule has 3 N–H and O–H groups in total. The van der Waals surface area contributed by atoms with Gasteiger partial charge >= 0.3 is 0 Å². The van der Waals surface area contributed by atoms with Gasteiger partial charge in [-0.1, -0.05) is 0 Å². The van der Waals surface area contributed by atoms with Gasteiger partial charge in [0, 0.05) is 23.6 Å². The van der Waals surface area contributed by atoms with E-state index in [1.54, 1.807) is 6.92 Å². The van der Waals surface area contributed by atoms with Crippen molar-refractivity contribution in [2.24, 2.45) is 10.3 Å². The Balaban J connectivity index is 1.97. The number of hydrogen-bond acceptors (Lipinski definition) is 6. The van der Waals surface area contributed by atoms with Crippen molar-refractivity contribution in [3.63, 3.8) is 0 Å². The Hall–Kier alpha value is -3.18. The van der Waals surface area contributed by atoms with Crippen molar-refractivity contribution in [3.8, 4) is 17.0 Å². The number of halogens is 3. The molecule has 0 saturated heterocycles. The molecule has 1 atom stereocenters. The largest absolute Gasteiger partial charge is 0.493 e. The molecule has 0 bridgehead atoms. The van der Waals surface area contributed by atoms with E-state index in [1.807, 2.05) is 0 Å². The summed E-state index contributed by atoms with van der Waals surface area (Å²) < 4.78 is 62.9. The van der Waals surface area contributed by atoms with Crippen LogP contribution in [0.3, 0.4) is 0 Å². The minimum absolute atomic E-state index is 0.0273. The third-order valence-electron chi connectivity index (χ3n) is 4.11. The van der Waals surface area contributed by atoms with Crippen molar-refractivity contribution in [1.82, 2.24) is 9.97 Å². The summed E-state index contributed by atoms with van der Waals surface area (Å²) in [7, 11) is -2.71. The molecule has 11 heteroatoms. The van der Waals surface area contributed by atoms with Crippen LogP contribution in [0.2, 0.25) is 0 Å². The lowest BCUT2D eigenvalue weighted by Gasteiger charge is -2.12. The summed E-state index contributed by atoms with van der Waals surface area (Å²) in [5, 5.41) is 2.79. The van der Waals surface area contributed by atoms with E-state index < -0.39 is 27.2 Å². The zero-order valence-corrected chi connectivity index (χ0v) is 17.5. The molecule has 0 aliphatic carbocycles. The van der Waals surface area contributed by atoms with Crippen molar-refractivity contribution in [1.29, 1.82) is 0 Å². The number of nitrogens with zero attached hydrogens (tertiary/aromatic N) is 3. The molecule has 7 nitrogen and oxygen atoms in total. The normalized spacial score (nSPS) is 12.8. The van der Waals surface area contributed by atoms with Gasteiger partial charge in [0.1, 0.15) is 23.1 Å². The van der Waals surface area contributed by atoms with Crippen LogP contribution in [0.4, 0.5) is 24.8 Å². The molecule has 31 heavy (non-hydrogen) atoms. The molecule has 0 radical (unpaired) electrons. The van der Waals surface area contributed by atoms with Crippen molar-refractivity contribution < 1.29 is 22.1 Å². The second-order valence-electron chi connectivity index (χ2n) is 6.65. The zero-order chi connectivity index (χ0) is 22.6. The molecule has 164 valence electrons.